The van der Waals surface area contributed by atoms with Crippen molar-refractivity contribution in [3.05, 3.63) is 34.9 Å². The molecule has 1 unspecified atom stereocenters. The molecule has 0 radical (unpaired) electrons. The van der Waals surface area contributed by atoms with Crippen LogP contribution in [-0.4, -0.2) is 17.5 Å². The molecule has 1 atom stereocenters. The third-order valence-corrected chi connectivity index (χ3v) is 3.10. The lowest BCUT2D eigenvalue weighted by molar-refractivity contribution is -0.135. The van der Waals surface area contributed by atoms with Crippen LogP contribution in [0.15, 0.2) is 24.3 Å². The van der Waals surface area contributed by atoms with E-state index in [-0.39, 0.29) is 11.8 Å². The van der Waals surface area contributed by atoms with E-state index >= 15 is 0 Å². The second-order valence-electron chi connectivity index (χ2n) is 3.75. The molecule has 1 aliphatic heterocycles. The van der Waals surface area contributed by atoms with Crippen LogP contribution in [-0.2, 0) is 4.79 Å². The molecule has 2 rings (SSSR count). The molecule has 0 spiro atoms. The predicted molar refractivity (Wildman–Crippen MR) is 59.3 cm³/mol. The Balaban J connectivity index is 2.30. The molecule has 1 aromatic rings. The Morgan fingerprint density at radius 2 is 2.13 bits per heavy atom. The molecule has 2 N–H and O–H groups in total. The molecule has 1 aromatic carbocycles. The minimum atomic E-state index is -0.169. The number of hydrogen-bond acceptors (Lipinski definition) is 2. The maximum Gasteiger partial charge on any atom is 0.244 e. The normalized spacial score (nSPS) is 21.9. The lowest BCUT2D eigenvalue weighted by atomic mass is 9.90. The number of rotatable bonds is 1. The number of carbonyl (C=O) groups excluding carboxylic acids is 1. The molecule has 4 heteroatoms. The zero-order valence-electron chi connectivity index (χ0n) is 8.32. The number of nitrogens with zero attached hydrogens (tertiary/aromatic N) is 1. The quantitative estimate of drug-likeness (QED) is 0.585. The van der Waals surface area contributed by atoms with Gasteiger partial charge < -0.3 is 0 Å². The fourth-order valence-corrected chi connectivity index (χ4v) is 2.21. The fourth-order valence-electron chi connectivity index (χ4n) is 1.95. The largest absolute Gasteiger partial charge is 0.280 e. The van der Waals surface area contributed by atoms with Gasteiger partial charge >= 0.3 is 0 Å². The Bertz CT molecular complexity index is 381. The molecule has 0 aliphatic carbocycles. The lowest BCUT2D eigenvalue weighted by Gasteiger charge is -2.29. The van der Waals surface area contributed by atoms with Crippen LogP contribution < -0.4 is 5.84 Å². The van der Waals surface area contributed by atoms with Gasteiger partial charge in [0.25, 0.3) is 0 Å². The number of hydrogen-bond donors (Lipinski definition) is 1. The molecule has 0 saturated carbocycles. The summed E-state index contributed by atoms with van der Waals surface area (Å²) in [6.45, 7) is 0.639. The second kappa shape index (κ2) is 4.21. The molecular formula is C11H13ClN2O. The molecule has 3 nitrogen and oxygen atoms in total. The zero-order chi connectivity index (χ0) is 10.8. The monoisotopic (exact) mass is 224 g/mol. The Morgan fingerprint density at radius 1 is 1.40 bits per heavy atom. The second-order valence-corrected chi connectivity index (χ2v) is 4.16. The summed E-state index contributed by atoms with van der Waals surface area (Å²) in [4.78, 5) is 11.8. The molecule has 0 bridgehead atoms. The van der Waals surface area contributed by atoms with Crippen molar-refractivity contribution in [1.82, 2.24) is 5.01 Å². The minimum absolute atomic E-state index is 0.0330. The highest BCUT2D eigenvalue weighted by atomic mass is 35.5. The minimum Gasteiger partial charge on any atom is -0.280 e. The van der Waals surface area contributed by atoms with Gasteiger partial charge in [-0.2, -0.15) is 0 Å². The van der Waals surface area contributed by atoms with Gasteiger partial charge in [0.15, 0.2) is 0 Å². The van der Waals surface area contributed by atoms with E-state index in [0.29, 0.717) is 11.6 Å². The van der Waals surface area contributed by atoms with Crippen LogP contribution in [0, 0.1) is 0 Å². The summed E-state index contributed by atoms with van der Waals surface area (Å²) in [5, 5.41) is 1.93. The van der Waals surface area contributed by atoms with Crippen LogP contribution in [0.1, 0.15) is 24.3 Å². The van der Waals surface area contributed by atoms with Crippen molar-refractivity contribution in [2.45, 2.75) is 18.8 Å². The average molecular weight is 225 g/mol. The first-order valence-electron chi connectivity index (χ1n) is 5.00. The molecule has 1 heterocycles. The van der Waals surface area contributed by atoms with Crippen molar-refractivity contribution in [2.24, 2.45) is 5.84 Å². The van der Waals surface area contributed by atoms with E-state index in [0.717, 1.165) is 18.4 Å². The van der Waals surface area contributed by atoms with E-state index < -0.39 is 0 Å². The van der Waals surface area contributed by atoms with Gasteiger partial charge in [-0.05, 0) is 24.5 Å². The van der Waals surface area contributed by atoms with Crippen LogP contribution in [0.4, 0.5) is 0 Å². The summed E-state index contributed by atoms with van der Waals surface area (Å²) < 4.78 is 0. The van der Waals surface area contributed by atoms with E-state index in [1.807, 2.05) is 18.2 Å². The lowest BCUT2D eigenvalue weighted by Crippen LogP contribution is -2.44. The molecule has 15 heavy (non-hydrogen) atoms. The first-order chi connectivity index (χ1) is 7.20. The first-order valence-corrected chi connectivity index (χ1v) is 5.38. The van der Waals surface area contributed by atoms with E-state index in [1.165, 1.54) is 5.01 Å². The number of carbonyl (C=O) groups is 1. The average Bonchev–Trinajstić information content (AvgIpc) is 2.23. The summed E-state index contributed by atoms with van der Waals surface area (Å²) >= 11 is 6.06. The van der Waals surface area contributed by atoms with Gasteiger partial charge in [-0.15, -0.1) is 0 Å². The van der Waals surface area contributed by atoms with Crippen molar-refractivity contribution in [3.8, 4) is 0 Å². The van der Waals surface area contributed by atoms with E-state index in [9.17, 15) is 4.79 Å². The van der Waals surface area contributed by atoms with Gasteiger partial charge in [0.1, 0.15) is 0 Å². The number of halogens is 1. The van der Waals surface area contributed by atoms with Crippen LogP contribution >= 0.6 is 11.6 Å². The summed E-state index contributed by atoms with van der Waals surface area (Å²) in [6.07, 6.45) is 1.76. The molecule has 1 fully saturated rings. The predicted octanol–water partition coefficient (Wildman–Crippen LogP) is 1.92. The van der Waals surface area contributed by atoms with Crippen molar-refractivity contribution < 1.29 is 4.79 Å². The van der Waals surface area contributed by atoms with Gasteiger partial charge in [0.2, 0.25) is 5.91 Å². The van der Waals surface area contributed by atoms with Gasteiger partial charge in [0.05, 0.1) is 5.92 Å². The number of hydrazine groups is 1. The van der Waals surface area contributed by atoms with Crippen molar-refractivity contribution >= 4 is 17.5 Å². The number of amides is 1. The Labute approximate surface area is 93.8 Å². The molecule has 1 saturated heterocycles. The molecule has 1 aliphatic rings. The number of nitrogens with two attached hydrogens (primary N) is 1. The Kier molecular flexibility index (Phi) is 2.93. The van der Waals surface area contributed by atoms with E-state index in [1.54, 1.807) is 6.07 Å². The molecule has 1 amide bonds. The third-order valence-electron chi connectivity index (χ3n) is 2.75. The van der Waals surface area contributed by atoms with Crippen LogP contribution in [0.5, 0.6) is 0 Å². The van der Waals surface area contributed by atoms with Gasteiger partial charge in [0, 0.05) is 11.6 Å². The molecule has 80 valence electrons. The van der Waals surface area contributed by atoms with Crippen LogP contribution in [0.3, 0.4) is 0 Å². The van der Waals surface area contributed by atoms with Gasteiger partial charge in [-0.3, -0.25) is 9.80 Å². The Morgan fingerprint density at radius 3 is 2.87 bits per heavy atom. The highest BCUT2D eigenvalue weighted by Crippen LogP contribution is 2.31. The van der Waals surface area contributed by atoms with E-state index in [2.05, 4.69) is 0 Å². The number of benzene rings is 1. The van der Waals surface area contributed by atoms with Crippen molar-refractivity contribution in [3.63, 3.8) is 0 Å². The van der Waals surface area contributed by atoms with Gasteiger partial charge in [-0.25, -0.2) is 5.84 Å². The molecular weight excluding hydrogens is 212 g/mol. The maximum atomic E-state index is 11.8. The zero-order valence-corrected chi connectivity index (χ0v) is 9.07. The third kappa shape index (κ3) is 1.98. The van der Waals surface area contributed by atoms with E-state index in [4.69, 9.17) is 17.4 Å². The molecule has 0 aromatic heterocycles. The maximum absolute atomic E-state index is 11.8. The van der Waals surface area contributed by atoms with Crippen molar-refractivity contribution in [1.29, 1.82) is 0 Å². The summed E-state index contributed by atoms with van der Waals surface area (Å²) in [7, 11) is 0. The van der Waals surface area contributed by atoms with Gasteiger partial charge in [-0.1, -0.05) is 29.8 Å². The smallest absolute Gasteiger partial charge is 0.244 e. The first kappa shape index (κ1) is 10.5. The standard InChI is InChI=1S/C11H13ClN2O/c12-10-6-2-1-4-8(10)9-5-3-7-14(13)11(9)15/h1-2,4,6,9H,3,5,7,13H2. The Hall–Kier alpha value is -1.06. The van der Waals surface area contributed by atoms with Crippen molar-refractivity contribution in [2.75, 3.05) is 6.54 Å². The summed E-state index contributed by atoms with van der Waals surface area (Å²) in [5.74, 6) is 5.39. The summed E-state index contributed by atoms with van der Waals surface area (Å²) in [6, 6.07) is 7.45. The topological polar surface area (TPSA) is 46.3 Å². The highest BCUT2D eigenvalue weighted by Gasteiger charge is 2.29. The highest BCUT2D eigenvalue weighted by molar-refractivity contribution is 6.31. The number of piperidine rings is 1. The van der Waals surface area contributed by atoms with Crippen LogP contribution in [0.2, 0.25) is 5.02 Å². The summed E-state index contributed by atoms with van der Waals surface area (Å²) in [5.41, 5.74) is 0.888. The van der Waals surface area contributed by atoms with Crippen LogP contribution in [0.25, 0.3) is 0 Å². The SMILES string of the molecule is NN1CCCC(c2ccccc2Cl)C1=O. The fraction of sp³-hybridized carbons (Fsp3) is 0.364.